The maximum absolute atomic E-state index is 12.0. The predicted molar refractivity (Wildman–Crippen MR) is 110 cm³/mol. The average molecular weight is 430 g/mol. The van der Waals surface area contributed by atoms with Crippen molar-refractivity contribution in [1.82, 2.24) is 5.32 Å². The Bertz CT molecular complexity index is 760. The van der Waals surface area contributed by atoms with Gasteiger partial charge in [0.2, 0.25) is 0 Å². The van der Waals surface area contributed by atoms with Crippen LogP contribution in [0.2, 0.25) is 0 Å². The van der Waals surface area contributed by atoms with Gasteiger partial charge in [-0.1, -0.05) is 70.9 Å². The second-order valence-electron chi connectivity index (χ2n) is 6.74. The molecule has 0 radical (unpaired) electrons. The van der Waals surface area contributed by atoms with Crippen molar-refractivity contribution >= 4 is 27.8 Å². The topological polar surface area (TPSA) is 55.4 Å². The van der Waals surface area contributed by atoms with Gasteiger partial charge in [0.05, 0.1) is 5.33 Å². The monoisotopic (exact) mass is 429 g/mol. The van der Waals surface area contributed by atoms with Gasteiger partial charge in [-0.05, 0) is 35.1 Å². The van der Waals surface area contributed by atoms with Crippen molar-refractivity contribution in [2.45, 2.75) is 31.6 Å². The van der Waals surface area contributed by atoms with E-state index in [2.05, 4.69) is 45.5 Å². The third kappa shape index (κ3) is 4.98. The van der Waals surface area contributed by atoms with E-state index in [-0.39, 0.29) is 17.8 Å². The van der Waals surface area contributed by atoms with Crippen LogP contribution >= 0.6 is 15.9 Å². The third-order valence-electron chi connectivity index (χ3n) is 4.89. The molecule has 5 heteroatoms. The summed E-state index contributed by atoms with van der Waals surface area (Å²) in [7, 11) is 0. The molecule has 1 amide bonds. The van der Waals surface area contributed by atoms with Crippen LogP contribution in [0.4, 0.5) is 4.79 Å². The van der Waals surface area contributed by atoms with E-state index in [0.29, 0.717) is 24.9 Å². The van der Waals surface area contributed by atoms with Gasteiger partial charge >= 0.3 is 6.09 Å². The molecule has 0 unspecified atom stereocenters. The van der Waals surface area contributed by atoms with E-state index in [9.17, 15) is 9.59 Å². The Labute approximate surface area is 168 Å². The molecular weight excluding hydrogens is 406 g/mol. The van der Waals surface area contributed by atoms with E-state index in [1.165, 1.54) is 22.3 Å². The molecule has 2 aromatic carbocycles. The fourth-order valence-electron chi connectivity index (χ4n) is 3.53. The lowest BCUT2D eigenvalue weighted by atomic mass is 9.98. The Hall–Kier alpha value is -2.14. The number of carbonyl (C=O) groups is 2. The maximum atomic E-state index is 12.0. The van der Waals surface area contributed by atoms with E-state index in [1.807, 2.05) is 24.3 Å². The number of unbranched alkanes of at least 4 members (excludes halogenated alkanes) is 2. The number of ether oxygens (including phenoxy) is 1. The summed E-state index contributed by atoms with van der Waals surface area (Å²) in [6.45, 7) is 0.902. The normalized spacial score (nSPS) is 12.3. The Morgan fingerprint density at radius 2 is 1.56 bits per heavy atom. The summed E-state index contributed by atoms with van der Waals surface area (Å²) in [4.78, 5) is 23.2. The molecule has 0 atom stereocenters. The standard InChI is InChI=1S/C22H24BrNO3/c23-14-16(25)8-2-1-7-13-24-22(26)27-15-21-19-11-5-3-9-17(19)18-10-4-6-12-20(18)21/h3-6,9-12,21H,1-2,7-8,13-15H2,(H,24,26). The van der Waals surface area contributed by atoms with Crippen molar-refractivity contribution in [1.29, 1.82) is 0 Å². The molecule has 4 nitrogen and oxygen atoms in total. The number of benzene rings is 2. The lowest BCUT2D eigenvalue weighted by molar-refractivity contribution is -0.116. The van der Waals surface area contributed by atoms with Crippen LogP contribution < -0.4 is 5.32 Å². The molecule has 142 valence electrons. The molecule has 0 bridgehead atoms. The molecule has 2 aromatic rings. The molecule has 1 aliphatic carbocycles. The zero-order valence-corrected chi connectivity index (χ0v) is 16.8. The van der Waals surface area contributed by atoms with Crippen LogP contribution in [-0.4, -0.2) is 30.4 Å². The summed E-state index contributed by atoms with van der Waals surface area (Å²) in [5, 5.41) is 3.22. The number of halogens is 1. The summed E-state index contributed by atoms with van der Waals surface area (Å²) in [6, 6.07) is 16.6. The van der Waals surface area contributed by atoms with Crippen LogP contribution in [0.1, 0.15) is 42.7 Å². The molecular formula is C22H24BrNO3. The molecule has 0 saturated heterocycles. The van der Waals surface area contributed by atoms with Crippen molar-refractivity contribution in [3.8, 4) is 11.1 Å². The van der Waals surface area contributed by atoms with E-state index in [4.69, 9.17) is 4.74 Å². The van der Waals surface area contributed by atoms with Gasteiger partial charge in [0, 0.05) is 18.9 Å². The van der Waals surface area contributed by atoms with Crippen molar-refractivity contribution < 1.29 is 14.3 Å². The van der Waals surface area contributed by atoms with Crippen LogP contribution in [0.15, 0.2) is 48.5 Å². The minimum absolute atomic E-state index is 0.0819. The fraction of sp³-hybridized carbons (Fsp3) is 0.364. The number of fused-ring (bicyclic) bond motifs is 3. The largest absolute Gasteiger partial charge is 0.449 e. The number of hydrogen-bond acceptors (Lipinski definition) is 3. The van der Waals surface area contributed by atoms with Crippen LogP contribution in [0.25, 0.3) is 11.1 Å². The number of rotatable bonds is 9. The Balaban J connectivity index is 1.45. The highest BCUT2D eigenvalue weighted by Gasteiger charge is 2.28. The van der Waals surface area contributed by atoms with E-state index in [0.717, 1.165) is 19.3 Å². The fourth-order valence-corrected chi connectivity index (χ4v) is 3.81. The Kier molecular flexibility index (Phi) is 7.04. The van der Waals surface area contributed by atoms with Gasteiger partial charge in [0.15, 0.2) is 0 Å². The minimum atomic E-state index is -0.381. The van der Waals surface area contributed by atoms with E-state index in [1.54, 1.807) is 0 Å². The minimum Gasteiger partial charge on any atom is -0.449 e. The van der Waals surface area contributed by atoms with Crippen molar-refractivity contribution in [3.63, 3.8) is 0 Å². The van der Waals surface area contributed by atoms with Crippen molar-refractivity contribution in [2.24, 2.45) is 0 Å². The van der Waals surface area contributed by atoms with Gasteiger partial charge in [-0.3, -0.25) is 4.79 Å². The molecule has 0 heterocycles. The highest BCUT2D eigenvalue weighted by Crippen LogP contribution is 2.44. The summed E-state index contributed by atoms with van der Waals surface area (Å²) in [5.74, 6) is 0.304. The maximum Gasteiger partial charge on any atom is 0.407 e. The molecule has 1 N–H and O–H groups in total. The van der Waals surface area contributed by atoms with Gasteiger partial charge in [-0.2, -0.15) is 0 Å². The Morgan fingerprint density at radius 3 is 2.19 bits per heavy atom. The molecule has 0 spiro atoms. The van der Waals surface area contributed by atoms with Crippen LogP contribution in [-0.2, 0) is 9.53 Å². The molecule has 0 aromatic heterocycles. The molecule has 0 aliphatic heterocycles. The number of carbonyl (C=O) groups excluding carboxylic acids is 2. The average Bonchev–Trinajstić information content (AvgIpc) is 3.02. The van der Waals surface area contributed by atoms with Crippen LogP contribution in [0.5, 0.6) is 0 Å². The van der Waals surface area contributed by atoms with Gasteiger partial charge in [0.25, 0.3) is 0 Å². The number of hydrogen-bond donors (Lipinski definition) is 1. The second-order valence-corrected chi connectivity index (χ2v) is 7.30. The van der Waals surface area contributed by atoms with Crippen LogP contribution in [0.3, 0.4) is 0 Å². The predicted octanol–water partition coefficient (Wildman–Crippen LogP) is 5.05. The van der Waals surface area contributed by atoms with Crippen molar-refractivity contribution in [2.75, 3.05) is 18.5 Å². The quantitative estimate of drug-likeness (QED) is 0.448. The second kappa shape index (κ2) is 9.70. The molecule has 3 rings (SSSR count). The number of nitrogens with one attached hydrogen (secondary N) is 1. The number of Topliss-reactive ketones (excluding diaryl/α,β-unsaturated/α-hetero) is 1. The first-order valence-electron chi connectivity index (χ1n) is 9.37. The van der Waals surface area contributed by atoms with Gasteiger partial charge in [-0.15, -0.1) is 0 Å². The van der Waals surface area contributed by atoms with Gasteiger partial charge in [0.1, 0.15) is 12.4 Å². The molecule has 0 saturated carbocycles. The first kappa shape index (κ1) is 19.6. The molecule has 27 heavy (non-hydrogen) atoms. The number of ketones is 1. The Morgan fingerprint density at radius 1 is 0.926 bits per heavy atom. The van der Waals surface area contributed by atoms with E-state index >= 15 is 0 Å². The highest BCUT2D eigenvalue weighted by atomic mass is 79.9. The summed E-state index contributed by atoms with van der Waals surface area (Å²) in [6.07, 6.45) is 2.84. The molecule has 1 aliphatic rings. The lowest BCUT2D eigenvalue weighted by Gasteiger charge is -2.14. The first-order chi connectivity index (χ1) is 13.2. The summed E-state index contributed by atoms with van der Waals surface area (Å²) in [5.41, 5.74) is 4.87. The zero-order chi connectivity index (χ0) is 19.1. The van der Waals surface area contributed by atoms with Crippen molar-refractivity contribution in [3.05, 3.63) is 59.7 Å². The number of alkyl halides is 1. The number of amides is 1. The lowest BCUT2D eigenvalue weighted by Crippen LogP contribution is -2.27. The number of alkyl carbamates (subject to hydrolysis) is 1. The molecule has 0 fully saturated rings. The SMILES string of the molecule is O=C(CBr)CCCCCNC(=O)OCC1c2ccccc2-c2ccccc21. The first-order valence-corrected chi connectivity index (χ1v) is 10.5. The van der Waals surface area contributed by atoms with E-state index < -0.39 is 0 Å². The van der Waals surface area contributed by atoms with Gasteiger partial charge < -0.3 is 10.1 Å². The van der Waals surface area contributed by atoms with Gasteiger partial charge in [-0.25, -0.2) is 4.79 Å². The van der Waals surface area contributed by atoms with Crippen LogP contribution in [0, 0.1) is 0 Å². The highest BCUT2D eigenvalue weighted by molar-refractivity contribution is 9.09. The smallest absolute Gasteiger partial charge is 0.407 e. The zero-order valence-electron chi connectivity index (χ0n) is 15.2. The summed E-state index contributed by atoms with van der Waals surface area (Å²) < 4.78 is 5.49. The summed E-state index contributed by atoms with van der Waals surface area (Å²) >= 11 is 3.16. The third-order valence-corrected chi connectivity index (χ3v) is 5.52.